The van der Waals surface area contributed by atoms with Crippen molar-refractivity contribution in [3.05, 3.63) is 40.8 Å². The molecule has 0 aliphatic carbocycles. The highest BCUT2D eigenvalue weighted by molar-refractivity contribution is 5.80. The highest BCUT2D eigenvalue weighted by atomic mass is 16.5. The zero-order valence-corrected chi connectivity index (χ0v) is 13.3. The van der Waals surface area contributed by atoms with Crippen LogP contribution in [0.5, 0.6) is 5.75 Å². The van der Waals surface area contributed by atoms with Crippen molar-refractivity contribution in [3.8, 4) is 11.8 Å². The standard InChI is InChI=1S/C17H18N2O4/c1-11(2)17(3,10-18)19-15(20)9-22-13-6-4-12-5-7-16(21)23-14(12)8-13/h4-8,11H,9H2,1-3H3,(H,19,20)/t17-/m0/s1. The van der Waals surface area contributed by atoms with Gasteiger partial charge in [0.1, 0.15) is 16.9 Å². The Bertz CT molecular complexity index is 819. The number of nitrogens with one attached hydrogen (secondary N) is 1. The van der Waals surface area contributed by atoms with Crippen molar-refractivity contribution >= 4 is 16.9 Å². The van der Waals surface area contributed by atoms with Crippen molar-refractivity contribution in [2.75, 3.05) is 6.61 Å². The molecular formula is C17H18N2O4. The minimum Gasteiger partial charge on any atom is -0.484 e. The van der Waals surface area contributed by atoms with Crippen molar-refractivity contribution in [1.29, 1.82) is 5.26 Å². The molecule has 1 atom stereocenters. The Morgan fingerprint density at radius 3 is 2.74 bits per heavy atom. The van der Waals surface area contributed by atoms with Crippen LogP contribution in [0.3, 0.4) is 0 Å². The number of nitrogens with zero attached hydrogens (tertiary/aromatic N) is 1. The SMILES string of the molecule is CC(C)[C@](C)(C#N)NC(=O)COc1ccc2ccc(=O)oc2c1. The zero-order chi connectivity index (χ0) is 17.0. The molecule has 1 N–H and O–H groups in total. The lowest BCUT2D eigenvalue weighted by Crippen LogP contribution is -2.50. The molecule has 0 aliphatic heterocycles. The number of carbonyl (C=O) groups excluding carboxylic acids is 1. The van der Waals surface area contributed by atoms with E-state index in [2.05, 4.69) is 11.4 Å². The second-order valence-electron chi connectivity index (χ2n) is 5.76. The lowest BCUT2D eigenvalue weighted by atomic mass is 9.90. The minimum absolute atomic E-state index is 0.0357. The molecule has 0 aliphatic rings. The average Bonchev–Trinajstić information content (AvgIpc) is 2.52. The van der Waals surface area contributed by atoms with Gasteiger partial charge in [0.2, 0.25) is 0 Å². The summed E-state index contributed by atoms with van der Waals surface area (Å²) in [6.45, 7) is 5.15. The maximum atomic E-state index is 12.0. The molecule has 0 spiro atoms. The van der Waals surface area contributed by atoms with Gasteiger partial charge >= 0.3 is 5.63 Å². The Labute approximate surface area is 133 Å². The average molecular weight is 314 g/mol. The van der Waals surface area contributed by atoms with Crippen LogP contribution in [0.25, 0.3) is 11.0 Å². The molecule has 2 aromatic rings. The van der Waals surface area contributed by atoms with Crippen molar-refractivity contribution in [2.45, 2.75) is 26.3 Å². The summed E-state index contributed by atoms with van der Waals surface area (Å²) in [5.74, 6) is -0.0195. The molecule has 0 fully saturated rings. The van der Waals surface area contributed by atoms with E-state index < -0.39 is 17.1 Å². The van der Waals surface area contributed by atoms with Crippen molar-refractivity contribution in [2.24, 2.45) is 5.92 Å². The van der Waals surface area contributed by atoms with E-state index in [9.17, 15) is 14.9 Å². The summed E-state index contributed by atoms with van der Waals surface area (Å²) in [6, 6.07) is 10.1. The van der Waals surface area contributed by atoms with Crippen LogP contribution >= 0.6 is 0 Å². The van der Waals surface area contributed by atoms with Crippen LogP contribution in [-0.2, 0) is 4.79 Å². The number of nitriles is 1. The van der Waals surface area contributed by atoms with Crippen molar-refractivity contribution in [3.63, 3.8) is 0 Å². The zero-order valence-electron chi connectivity index (χ0n) is 13.3. The number of benzene rings is 1. The summed E-state index contributed by atoms with van der Waals surface area (Å²) >= 11 is 0. The molecule has 0 saturated carbocycles. The van der Waals surface area contributed by atoms with Gasteiger partial charge in [-0.25, -0.2) is 4.79 Å². The first-order valence-electron chi connectivity index (χ1n) is 7.23. The molecule has 6 heteroatoms. The van der Waals surface area contributed by atoms with Crippen molar-refractivity contribution in [1.82, 2.24) is 5.32 Å². The van der Waals surface area contributed by atoms with E-state index in [1.165, 1.54) is 6.07 Å². The molecule has 23 heavy (non-hydrogen) atoms. The van der Waals surface area contributed by atoms with E-state index >= 15 is 0 Å². The van der Waals surface area contributed by atoms with Gasteiger partial charge in [0, 0.05) is 17.5 Å². The smallest absolute Gasteiger partial charge is 0.336 e. The summed E-state index contributed by atoms with van der Waals surface area (Å²) in [6.07, 6.45) is 0. The van der Waals surface area contributed by atoms with E-state index in [1.54, 1.807) is 31.2 Å². The first kappa shape index (κ1) is 16.6. The third kappa shape index (κ3) is 3.89. The predicted octanol–water partition coefficient (Wildman–Crippen LogP) is 2.23. The number of rotatable bonds is 5. The summed E-state index contributed by atoms with van der Waals surface area (Å²) in [4.78, 5) is 23.2. The highest BCUT2D eigenvalue weighted by Gasteiger charge is 2.29. The Morgan fingerprint density at radius 2 is 2.09 bits per heavy atom. The van der Waals surface area contributed by atoms with Crippen LogP contribution in [0.4, 0.5) is 0 Å². The number of amides is 1. The Hall–Kier alpha value is -2.81. The van der Waals surface area contributed by atoms with Crippen LogP contribution in [0.15, 0.2) is 39.5 Å². The van der Waals surface area contributed by atoms with Gasteiger partial charge in [-0.15, -0.1) is 0 Å². The first-order chi connectivity index (χ1) is 10.8. The molecule has 0 unspecified atom stereocenters. The molecule has 0 bridgehead atoms. The van der Waals surface area contributed by atoms with Crippen LogP contribution in [0, 0.1) is 17.2 Å². The molecule has 1 aromatic heterocycles. The van der Waals surface area contributed by atoms with Gasteiger partial charge in [-0.05, 0) is 31.0 Å². The number of hydrogen-bond donors (Lipinski definition) is 1. The molecule has 1 amide bonds. The van der Waals surface area contributed by atoms with Gasteiger partial charge in [0.05, 0.1) is 6.07 Å². The minimum atomic E-state index is -0.948. The number of fused-ring (bicyclic) bond motifs is 1. The van der Waals surface area contributed by atoms with E-state index in [-0.39, 0.29) is 12.5 Å². The molecule has 6 nitrogen and oxygen atoms in total. The van der Waals surface area contributed by atoms with Gasteiger partial charge in [-0.2, -0.15) is 5.26 Å². The maximum absolute atomic E-state index is 12.0. The van der Waals surface area contributed by atoms with Crippen molar-refractivity contribution < 1.29 is 13.9 Å². The molecule has 120 valence electrons. The van der Waals surface area contributed by atoms with Crippen LogP contribution in [0.2, 0.25) is 0 Å². The fraction of sp³-hybridized carbons (Fsp3) is 0.353. The van der Waals surface area contributed by atoms with Gasteiger partial charge in [-0.3, -0.25) is 4.79 Å². The van der Waals surface area contributed by atoms with Crippen LogP contribution in [0.1, 0.15) is 20.8 Å². The third-order valence-corrected chi connectivity index (χ3v) is 3.75. The Morgan fingerprint density at radius 1 is 1.39 bits per heavy atom. The second kappa shape index (κ2) is 6.53. The summed E-state index contributed by atoms with van der Waals surface area (Å²) in [7, 11) is 0. The van der Waals surface area contributed by atoms with Gasteiger partial charge in [-0.1, -0.05) is 13.8 Å². The molecule has 2 rings (SSSR count). The third-order valence-electron chi connectivity index (χ3n) is 3.75. The summed E-state index contributed by atoms with van der Waals surface area (Å²) < 4.78 is 10.5. The number of hydrogen-bond acceptors (Lipinski definition) is 5. The molecule has 1 aromatic carbocycles. The Kier molecular flexibility index (Phi) is 4.70. The summed E-state index contributed by atoms with van der Waals surface area (Å²) in [5, 5.41) is 12.6. The summed E-state index contributed by atoms with van der Waals surface area (Å²) in [5.41, 5.74) is -1.01. The van der Waals surface area contributed by atoms with E-state index in [0.29, 0.717) is 11.3 Å². The highest BCUT2D eigenvalue weighted by Crippen LogP contribution is 2.19. The number of ether oxygens (including phenoxy) is 1. The fourth-order valence-corrected chi connectivity index (χ4v) is 1.91. The fourth-order valence-electron chi connectivity index (χ4n) is 1.91. The number of carbonyl (C=O) groups is 1. The van der Waals surface area contributed by atoms with E-state index in [0.717, 1.165) is 5.39 Å². The topological polar surface area (TPSA) is 92.3 Å². The van der Waals surface area contributed by atoms with E-state index in [4.69, 9.17) is 9.15 Å². The molecule has 0 saturated heterocycles. The maximum Gasteiger partial charge on any atom is 0.336 e. The van der Waals surface area contributed by atoms with Gasteiger partial charge in [0.25, 0.3) is 5.91 Å². The Balaban J connectivity index is 2.05. The second-order valence-corrected chi connectivity index (χ2v) is 5.76. The molecular weight excluding hydrogens is 296 g/mol. The van der Waals surface area contributed by atoms with Gasteiger partial charge in [0.15, 0.2) is 6.61 Å². The molecule has 1 heterocycles. The predicted molar refractivity (Wildman–Crippen MR) is 85.0 cm³/mol. The van der Waals surface area contributed by atoms with E-state index in [1.807, 2.05) is 13.8 Å². The monoisotopic (exact) mass is 314 g/mol. The lowest BCUT2D eigenvalue weighted by Gasteiger charge is -2.27. The first-order valence-corrected chi connectivity index (χ1v) is 7.23. The van der Waals surface area contributed by atoms with Crippen LogP contribution in [-0.4, -0.2) is 18.1 Å². The van der Waals surface area contributed by atoms with Gasteiger partial charge < -0.3 is 14.5 Å². The quantitative estimate of drug-likeness (QED) is 0.854. The lowest BCUT2D eigenvalue weighted by molar-refractivity contribution is -0.124. The largest absolute Gasteiger partial charge is 0.484 e. The molecule has 0 radical (unpaired) electrons. The normalized spacial score (nSPS) is 13.3. The van der Waals surface area contributed by atoms with Crippen LogP contribution < -0.4 is 15.7 Å².